The molecular formula is C16H17FN6O. The van der Waals surface area contributed by atoms with Crippen LogP contribution in [-0.2, 0) is 6.54 Å². The van der Waals surface area contributed by atoms with Gasteiger partial charge >= 0.3 is 5.69 Å². The molecular weight excluding hydrogens is 311 g/mol. The molecule has 4 rings (SSSR count). The van der Waals surface area contributed by atoms with Gasteiger partial charge in [0, 0.05) is 37.1 Å². The van der Waals surface area contributed by atoms with Gasteiger partial charge in [-0.25, -0.2) is 23.3 Å². The highest BCUT2D eigenvalue weighted by Crippen LogP contribution is 2.20. The van der Waals surface area contributed by atoms with Gasteiger partial charge in [0.05, 0.1) is 6.54 Å². The molecule has 1 saturated heterocycles. The van der Waals surface area contributed by atoms with Crippen LogP contribution in [0.4, 0.5) is 10.2 Å². The third-order valence-electron chi connectivity index (χ3n) is 4.29. The summed E-state index contributed by atoms with van der Waals surface area (Å²) in [6.45, 7) is 1.54. The summed E-state index contributed by atoms with van der Waals surface area (Å²) >= 11 is 0. The number of hydrogen-bond donors (Lipinski definition) is 1. The van der Waals surface area contributed by atoms with Gasteiger partial charge in [0.1, 0.15) is 5.82 Å². The number of rotatable bonds is 3. The van der Waals surface area contributed by atoms with Gasteiger partial charge in [0.2, 0.25) is 5.65 Å². The Labute approximate surface area is 137 Å². The van der Waals surface area contributed by atoms with Gasteiger partial charge in [-0.15, -0.1) is 5.10 Å². The van der Waals surface area contributed by atoms with E-state index >= 15 is 0 Å². The van der Waals surface area contributed by atoms with E-state index in [-0.39, 0.29) is 24.1 Å². The van der Waals surface area contributed by atoms with Gasteiger partial charge in [0.15, 0.2) is 5.82 Å². The normalized spacial score (nSPS) is 17.8. The number of fused-ring (bicyclic) bond motifs is 1. The van der Waals surface area contributed by atoms with Crippen molar-refractivity contribution in [1.82, 2.24) is 19.2 Å². The zero-order valence-electron chi connectivity index (χ0n) is 13.0. The third kappa shape index (κ3) is 2.44. The molecule has 1 aliphatic heterocycles. The zero-order chi connectivity index (χ0) is 16.7. The smallest absolute Gasteiger partial charge is 0.350 e. The average molecular weight is 328 g/mol. The lowest BCUT2D eigenvalue weighted by Gasteiger charge is -2.16. The Balaban J connectivity index is 1.77. The summed E-state index contributed by atoms with van der Waals surface area (Å²) in [6, 6.07) is 6.46. The predicted molar refractivity (Wildman–Crippen MR) is 87.6 cm³/mol. The van der Waals surface area contributed by atoms with E-state index in [2.05, 4.69) is 10.1 Å². The molecule has 1 atom stereocenters. The molecule has 3 aromatic rings. The molecule has 2 aromatic heterocycles. The molecule has 7 nitrogen and oxygen atoms in total. The molecule has 8 heteroatoms. The van der Waals surface area contributed by atoms with Gasteiger partial charge < -0.3 is 10.6 Å². The molecule has 1 aromatic carbocycles. The maximum Gasteiger partial charge on any atom is 0.350 e. The fourth-order valence-corrected chi connectivity index (χ4v) is 3.03. The number of aromatic nitrogens is 4. The molecule has 0 amide bonds. The van der Waals surface area contributed by atoms with Crippen LogP contribution in [0.25, 0.3) is 5.65 Å². The second-order valence-corrected chi connectivity index (χ2v) is 5.97. The van der Waals surface area contributed by atoms with Crippen LogP contribution in [-0.4, -0.2) is 38.3 Å². The van der Waals surface area contributed by atoms with Gasteiger partial charge in [-0.2, -0.15) is 0 Å². The van der Waals surface area contributed by atoms with Crippen molar-refractivity contribution < 1.29 is 4.39 Å². The van der Waals surface area contributed by atoms with Crippen molar-refractivity contribution in [3.8, 4) is 0 Å². The summed E-state index contributed by atoms with van der Waals surface area (Å²) in [7, 11) is 0. The van der Waals surface area contributed by atoms with E-state index in [9.17, 15) is 9.18 Å². The van der Waals surface area contributed by atoms with Crippen LogP contribution < -0.4 is 16.3 Å². The Morgan fingerprint density at radius 3 is 2.92 bits per heavy atom. The van der Waals surface area contributed by atoms with E-state index in [0.29, 0.717) is 23.6 Å². The maximum absolute atomic E-state index is 13.8. The van der Waals surface area contributed by atoms with Crippen molar-refractivity contribution in [3.05, 3.63) is 58.5 Å². The van der Waals surface area contributed by atoms with E-state index in [1.165, 1.54) is 15.1 Å². The van der Waals surface area contributed by atoms with Crippen molar-refractivity contribution in [3.63, 3.8) is 0 Å². The minimum atomic E-state index is -0.356. The van der Waals surface area contributed by atoms with Crippen molar-refractivity contribution in [2.45, 2.75) is 19.0 Å². The highest BCUT2D eigenvalue weighted by atomic mass is 19.1. The molecule has 1 aliphatic rings. The molecule has 0 aliphatic carbocycles. The monoisotopic (exact) mass is 328 g/mol. The maximum atomic E-state index is 13.8. The topological polar surface area (TPSA) is 81.5 Å². The predicted octanol–water partition coefficient (Wildman–Crippen LogP) is 0.616. The van der Waals surface area contributed by atoms with E-state index < -0.39 is 0 Å². The molecule has 24 heavy (non-hydrogen) atoms. The quantitative estimate of drug-likeness (QED) is 0.762. The standard InChI is InChI=1S/C16H17FN6O/c17-13-4-2-1-3-11(13)9-23-16(24)22-8-6-19-14(15(22)20-23)21-7-5-12(18)10-21/h1-4,6,8,12H,5,7,9-10,18H2/t12-/m0/s1. The lowest BCUT2D eigenvalue weighted by molar-refractivity contribution is 0.578. The Morgan fingerprint density at radius 2 is 2.17 bits per heavy atom. The SMILES string of the molecule is N[C@H]1CCN(c2nccn3c(=O)n(Cc4ccccc4F)nc23)C1. The van der Waals surface area contributed by atoms with E-state index in [4.69, 9.17) is 5.73 Å². The molecule has 0 spiro atoms. The minimum absolute atomic E-state index is 0.0755. The van der Waals surface area contributed by atoms with E-state index in [1.54, 1.807) is 30.6 Å². The Morgan fingerprint density at radius 1 is 1.33 bits per heavy atom. The van der Waals surface area contributed by atoms with Gasteiger partial charge in [-0.05, 0) is 12.5 Å². The van der Waals surface area contributed by atoms with E-state index in [0.717, 1.165) is 13.0 Å². The van der Waals surface area contributed by atoms with Crippen LogP contribution in [0.1, 0.15) is 12.0 Å². The van der Waals surface area contributed by atoms with Gasteiger partial charge in [0.25, 0.3) is 0 Å². The Bertz CT molecular complexity index is 949. The fourth-order valence-electron chi connectivity index (χ4n) is 3.03. The summed E-state index contributed by atoms with van der Waals surface area (Å²) in [5.41, 5.74) is 6.52. The zero-order valence-corrected chi connectivity index (χ0v) is 13.0. The van der Waals surface area contributed by atoms with Crippen LogP contribution in [0.15, 0.2) is 41.5 Å². The number of halogens is 1. The average Bonchev–Trinajstić information content (AvgIpc) is 3.14. The van der Waals surface area contributed by atoms with Crippen LogP contribution in [0.5, 0.6) is 0 Å². The fraction of sp³-hybridized carbons (Fsp3) is 0.312. The van der Waals surface area contributed by atoms with Gasteiger partial charge in [-0.3, -0.25) is 0 Å². The van der Waals surface area contributed by atoms with Crippen LogP contribution >= 0.6 is 0 Å². The summed E-state index contributed by atoms with van der Waals surface area (Å²) < 4.78 is 16.5. The van der Waals surface area contributed by atoms with Crippen molar-refractivity contribution >= 4 is 11.5 Å². The second kappa shape index (κ2) is 5.72. The molecule has 0 saturated carbocycles. The molecule has 0 bridgehead atoms. The Kier molecular flexibility index (Phi) is 3.53. The first-order valence-corrected chi connectivity index (χ1v) is 7.81. The number of benzene rings is 1. The highest BCUT2D eigenvalue weighted by molar-refractivity contribution is 5.63. The molecule has 0 unspecified atom stereocenters. The summed E-state index contributed by atoms with van der Waals surface area (Å²) in [4.78, 5) is 18.9. The molecule has 0 radical (unpaired) electrons. The number of nitrogens with zero attached hydrogens (tertiary/aromatic N) is 5. The van der Waals surface area contributed by atoms with Crippen LogP contribution in [0.3, 0.4) is 0 Å². The minimum Gasteiger partial charge on any atom is -0.352 e. The second-order valence-electron chi connectivity index (χ2n) is 5.97. The number of nitrogens with two attached hydrogens (primary N) is 1. The molecule has 124 valence electrons. The van der Waals surface area contributed by atoms with Gasteiger partial charge in [-0.1, -0.05) is 18.2 Å². The number of hydrogen-bond acceptors (Lipinski definition) is 5. The molecule has 2 N–H and O–H groups in total. The third-order valence-corrected chi connectivity index (χ3v) is 4.29. The lowest BCUT2D eigenvalue weighted by Crippen LogP contribution is -2.27. The van der Waals surface area contributed by atoms with Crippen molar-refractivity contribution in [2.24, 2.45) is 5.73 Å². The van der Waals surface area contributed by atoms with Crippen LogP contribution in [0.2, 0.25) is 0 Å². The summed E-state index contributed by atoms with van der Waals surface area (Å²) in [6.07, 6.45) is 4.02. The van der Waals surface area contributed by atoms with E-state index in [1.807, 2.05) is 4.90 Å². The Hall–Kier alpha value is -2.74. The first-order valence-electron chi connectivity index (χ1n) is 7.81. The molecule has 1 fully saturated rings. The summed E-state index contributed by atoms with van der Waals surface area (Å²) in [5, 5.41) is 4.37. The summed E-state index contributed by atoms with van der Waals surface area (Å²) in [5.74, 6) is 0.278. The first-order chi connectivity index (χ1) is 11.6. The van der Waals surface area contributed by atoms with Crippen LogP contribution in [0, 0.1) is 5.82 Å². The van der Waals surface area contributed by atoms with Crippen molar-refractivity contribution in [1.29, 1.82) is 0 Å². The largest absolute Gasteiger partial charge is 0.352 e. The molecule has 3 heterocycles. The number of anilines is 1. The first kappa shape index (κ1) is 14.8. The van der Waals surface area contributed by atoms with Crippen molar-refractivity contribution in [2.75, 3.05) is 18.0 Å². The highest BCUT2D eigenvalue weighted by Gasteiger charge is 2.24. The lowest BCUT2D eigenvalue weighted by atomic mass is 10.2.